The normalized spacial score (nSPS) is 9.94. The fraction of sp³-hybridized carbons (Fsp3) is 0.417. The summed E-state index contributed by atoms with van der Waals surface area (Å²) in [6.45, 7) is 2.65. The third-order valence-electron chi connectivity index (χ3n) is 2.48. The zero-order valence-electron chi connectivity index (χ0n) is 10.8. The Kier molecular flexibility index (Phi) is 4.65. The standard InChI is InChI=1S/C12H17N3O3/c1-4-15(8-11(16)14(2)3)10-7-5-6-9(13-10)12(17)18/h5-7H,4,8H2,1-3H3,(H,17,18). The van der Waals surface area contributed by atoms with Crippen molar-refractivity contribution >= 4 is 17.7 Å². The van der Waals surface area contributed by atoms with E-state index in [1.807, 2.05) is 6.92 Å². The zero-order valence-corrected chi connectivity index (χ0v) is 10.8. The van der Waals surface area contributed by atoms with Crippen molar-refractivity contribution < 1.29 is 14.7 Å². The van der Waals surface area contributed by atoms with Crippen LogP contribution in [0.5, 0.6) is 0 Å². The highest BCUT2D eigenvalue weighted by atomic mass is 16.4. The number of amides is 1. The fourth-order valence-corrected chi connectivity index (χ4v) is 1.38. The van der Waals surface area contributed by atoms with Gasteiger partial charge in [-0.25, -0.2) is 9.78 Å². The Labute approximate surface area is 106 Å². The first kappa shape index (κ1) is 14.0. The lowest BCUT2D eigenvalue weighted by atomic mass is 10.3. The quantitative estimate of drug-likeness (QED) is 0.833. The van der Waals surface area contributed by atoms with Crippen molar-refractivity contribution in [3.05, 3.63) is 23.9 Å². The van der Waals surface area contributed by atoms with Gasteiger partial charge in [-0.05, 0) is 19.1 Å². The van der Waals surface area contributed by atoms with E-state index in [0.717, 1.165) is 0 Å². The van der Waals surface area contributed by atoms with Gasteiger partial charge in [-0.15, -0.1) is 0 Å². The van der Waals surface area contributed by atoms with Crippen molar-refractivity contribution in [3.63, 3.8) is 0 Å². The number of carboxylic acids is 1. The van der Waals surface area contributed by atoms with Gasteiger partial charge in [0.2, 0.25) is 5.91 Å². The number of likely N-dealkylation sites (N-methyl/N-ethyl adjacent to an activating group) is 2. The molecule has 1 aromatic rings. The highest BCUT2D eigenvalue weighted by molar-refractivity contribution is 5.86. The van der Waals surface area contributed by atoms with Crippen LogP contribution in [0.2, 0.25) is 0 Å². The summed E-state index contributed by atoms with van der Waals surface area (Å²) in [6, 6.07) is 4.74. The number of carbonyl (C=O) groups is 2. The maximum absolute atomic E-state index is 11.6. The van der Waals surface area contributed by atoms with Gasteiger partial charge in [0.15, 0.2) is 5.69 Å². The minimum Gasteiger partial charge on any atom is -0.477 e. The van der Waals surface area contributed by atoms with Crippen LogP contribution in [0.15, 0.2) is 18.2 Å². The van der Waals surface area contributed by atoms with E-state index in [1.54, 1.807) is 31.1 Å². The first-order chi connectivity index (χ1) is 8.45. The van der Waals surface area contributed by atoms with Crippen LogP contribution in [-0.2, 0) is 4.79 Å². The van der Waals surface area contributed by atoms with Gasteiger partial charge in [-0.3, -0.25) is 4.79 Å². The molecule has 1 aromatic heterocycles. The second-order valence-corrected chi connectivity index (χ2v) is 3.99. The molecule has 6 heteroatoms. The summed E-state index contributed by atoms with van der Waals surface area (Å²) in [5, 5.41) is 8.88. The van der Waals surface area contributed by atoms with Crippen LogP contribution in [0.3, 0.4) is 0 Å². The predicted octanol–water partition coefficient (Wildman–Crippen LogP) is 0.694. The maximum Gasteiger partial charge on any atom is 0.354 e. The van der Waals surface area contributed by atoms with E-state index in [-0.39, 0.29) is 18.1 Å². The van der Waals surface area contributed by atoms with E-state index >= 15 is 0 Å². The Morgan fingerprint density at radius 3 is 2.50 bits per heavy atom. The average molecular weight is 251 g/mol. The molecule has 18 heavy (non-hydrogen) atoms. The molecule has 0 radical (unpaired) electrons. The van der Waals surface area contributed by atoms with Gasteiger partial charge in [0.25, 0.3) is 0 Å². The van der Waals surface area contributed by atoms with E-state index in [1.165, 1.54) is 11.0 Å². The van der Waals surface area contributed by atoms with E-state index in [0.29, 0.717) is 12.4 Å². The molecule has 1 rings (SSSR count). The van der Waals surface area contributed by atoms with Gasteiger partial charge in [-0.1, -0.05) is 6.07 Å². The molecule has 0 aliphatic rings. The molecule has 98 valence electrons. The number of anilines is 1. The summed E-state index contributed by atoms with van der Waals surface area (Å²) in [5.74, 6) is -0.640. The number of nitrogens with zero attached hydrogens (tertiary/aromatic N) is 3. The summed E-state index contributed by atoms with van der Waals surface area (Å²) in [6.07, 6.45) is 0. The lowest BCUT2D eigenvalue weighted by Gasteiger charge is -2.23. The number of carbonyl (C=O) groups excluding carboxylic acids is 1. The Morgan fingerprint density at radius 2 is 2.00 bits per heavy atom. The summed E-state index contributed by atoms with van der Waals surface area (Å²) < 4.78 is 0. The van der Waals surface area contributed by atoms with Crippen molar-refractivity contribution in [3.8, 4) is 0 Å². The van der Waals surface area contributed by atoms with Crippen molar-refractivity contribution in [1.82, 2.24) is 9.88 Å². The number of aromatic nitrogens is 1. The van der Waals surface area contributed by atoms with Gasteiger partial charge >= 0.3 is 5.97 Å². The van der Waals surface area contributed by atoms with Crippen LogP contribution in [0, 0.1) is 0 Å². The summed E-state index contributed by atoms with van der Waals surface area (Å²) >= 11 is 0. The topological polar surface area (TPSA) is 73.7 Å². The van der Waals surface area contributed by atoms with Crippen molar-refractivity contribution in [1.29, 1.82) is 0 Å². The van der Waals surface area contributed by atoms with Gasteiger partial charge < -0.3 is 14.9 Å². The Hall–Kier alpha value is -2.11. The number of hydrogen-bond donors (Lipinski definition) is 1. The van der Waals surface area contributed by atoms with Gasteiger partial charge in [0.1, 0.15) is 5.82 Å². The molecule has 0 saturated heterocycles. The van der Waals surface area contributed by atoms with E-state index in [4.69, 9.17) is 5.11 Å². The Balaban J connectivity index is 2.91. The minimum atomic E-state index is -1.08. The van der Waals surface area contributed by atoms with E-state index in [9.17, 15) is 9.59 Å². The van der Waals surface area contributed by atoms with Crippen LogP contribution in [-0.4, -0.2) is 54.1 Å². The van der Waals surface area contributed by atoms with Crippen molar-refractivity contribution in [2.45, 2.75) is 6.92 Å². The molecule has 6 nitrogen and oxygen atoms in total. The molecular formula is C12H17N3O3. The summed E-state index contributed by atoms with van der Waals surface area (Å²) in [5.41, 5.74) is -0.0248. The van der Waals surface area contributed by atoms with Gasteiger partial charge in [0.05, 0.1) is 6.54 Å². The molecule has 1 N–H and O–H groups in total. The fourth-order valence-electron chi connectivity index (χ4n) is 1.38. The maximum atomic E-state index is 11.6. The molecule has 0 saturated carbocycles. The van der Waals surface area contributed by atoms with Crippen LogP contribution in [0.25, 0.3) is 0 Å². The molecule has 0 aromatic carbocycles. The highest BCUT2D eigenvalue weighted by Crippen LogP contribution is 2.11. The molecule has 1 heterocycles. The molecule has 0 bridgehead atoms. The number of hydrogen-bond acceptors (Lipinski definition) is 4. The van der Waals surface area contributed by atoms with Gasteiger partial charge in [0, 0.05) is 20.6 Å². The third-order valence-corrected chi connectivity index (χ3v) is 2.48. The first-order valence-corrected chi connectivity index (χ1v) is 5.61. The Bertz CT molecular complexity index is 446. The van der Waals surface area contributed by atoms with E-state index < -0.39 is 5.97 Å². The Morgan fingerprint density at radius 1 is 1.33 bits per heavy atom. The number of rotatable bonds is 5. The average Bonchev–Trinajstić information content (AvgIpc) is 2.35. The lowest BCUT2D eigenvalue weighted by Crippen LogP contribution is -2.37. The highest BCUT2D eigenvalue weighted by Gasteiger charge is 2.14. The molecule has 1 amide bonds. The van der Waals surface area contributed by atoms with Crippen LogP contribution >= 0.6 is 0 Å². The smallest absolute Gasteiger partial charge is 0.354 e. The minimum absolute atomic E-state index is 0.0248. The van der Waals surface area contributed by atoms with Crippen molar-refractivity contribution in [2.24, 2.45) is 0 Å². The van der Waals surface area contributed by atoms with Crippen molar-refractivity contribution in [2.75, 3.05) is 32.1 Å². The summed E-state index contributed by atoms with van der Waals surface area (Å²) in [7, 11) is 3.36. The first-order valence-electron chi connectivity index (χ1n) is 5.61. The molecule has 0 fully saturated rings. The molecule has 0 atom stereocenters. The number of carboxylic acid groups (broad SMARTS) is 1. The third kappa shape index (κ3) is 3.44. The lowest BCUT2D eigenvalue weighted by molar-refractivity contribution is -0.127. The molecule has 0 unspecified atom stereocenters. The van der Waals surface area contributed by atoms with Crippen LogP contribution in [0.4, 0.5) is 5.82 Å². The van der Waals surface area contributed by atoms with Crippen LogP contribution < -0.4 is 4.90 Å². The largest absolute Gasteiger partial charge is 0.477 e. The van der Waals surface area contributed by atoms with Crippen LogP contribution in [0.1, 0.15) is 17.4 Å². The SMILES string of the molecule is CCN(CC(=O)N(C)C)c1cccc(C(=O)O)n1. The van der Waals surface area contributed by atoms with Gasteiger partial charge in [-0.2, -0.15) is 0 Å². The zero-order chi connectivity index (χ0) is 13.7. The molecular weight excluding hydrogens is 234 g/mol. The second-order valence-electron chi connectivity index (χ2n) is 3.99. The molecule has 0 spiro atoms. The van der Waals surface area contributed by atoms with E-state index in [2.05, 4.69) is 4.98 Å². The predicted molar refractivity (Wildman–Crippen MR) is 67.8 cm³/mol. The monoisotopic (exact) mass is 251 g/mol. The molecule has 0 aliphatic carbocycles. The summed E-state index contributed by atoms with van der Waals surface area (Å²) in [4.78, 5) is 29.7. The number of pyridine rings is 1. The molecule has 0 aliphatic heterocycles. The second kappa shape index (κ2) is 6.00. The number of aromatic carboxylic acids is 1.